The summed E-state index contributed by atoms with van der Waals surface area (Å²) in [6, 6.07) is 2.30. The predicted octanol–water partition coefficient (Wildman–Crippen LogP) is 2.10. The Labute approximate surface area is 129 Å². The van der Waals surface area contributed by atoms with Crippen LogP contribution in [0, 0.1) is 6.92 Å². The smallest absolute Gasteiger partial charge is 0.252 e. The fourth-order valence-corrected chi connectivity index (χ4v) is 6.00. The third-order valence-corrected chi connectivity index (χ3v) is 7.47. The minimum absolute atomic E-state index is 0.00431. The van der Waals surface area contributed by atoms with Gasteiger partial charge in [0.2, 0.25) is 0 Å². The van der Waals surface area contributed by atoms with E-state index in [1.54, 1.807) is 0 Å². The molecule has 1 fully saturated rings. The van der Waals surface area contributed by atoms with Crippen molar-refractivity contribution >= 4 is 36.5 Å². The van der Waals surface area contributed by atoms with Crippen LogP contribution in [0.2, 0.25) is 0 Å². The molecular weight excluding hydrogens is 336 g/mol. The Morgan fingerprint density at radius 2 is 1.71 bits per heavy atom. The minimum Gasteiger partial charge on any atom is -0.276 e. The third-order valence-electron chi connectivity index (χ3n) is 3.70. The van der Waals surface area contributed by atoms with Gasteiger partial charge in [-0.05, 0) is 49.1 Å². The number of hydrogen-bond donors (Lipinski definition) is 0. The van der Waals surface area contributed by atoms with Crippen molar-refractivity contribution in [1.82, 2.24) is 0 Å². The maximum absolute atomic E-state index is 12.5. The summed E-state index contributed by atoms with van der Waals surface area (Å²) in [7, 11) is -7.51. The molecule has 0 unspecified atom stereocenters. The van der Waals surface area contributed by atoms with Gasteiger partial charge in [-0.15, -0.1) is 0 Å². The average Bonchev–Trinajstić information content (AvgIpc) is 2.23. The van der Waals surface area contributed by atoms with Crippen molar-refractivity contribution < 1.29 is 21.6 Å². The summed E-state index contributed by atoms with van der Waals surface area (Å²) in [6.07, 6.45) is 2.79. The van der Waals surface area contributed by atoms with E-state index in [1.165, 1.54) is 13.0 Å². The first-order valence-electron chi connectivity index (χ1n) is 6.33. The first-order valence-corrected chi connectivity index (χ1v) is 10.1. The Kier molecular flexibility index (Phi) is 4.21. The highest BCUT2D eigenvalue weighted by molar-refractivity contribution is 7.94. The molecule has 0 aliphatic heterocycles. The van der Waals surface area contributed by atoms with Gasteiger partial charge in [0.25, 0.3) is 5.24 Å². The van der Waals surface area contributed by atoms with Crippen LogP contribution < -0.4 is 0 Å². The second-order valence-corrected chi connectivity index (χ2v) is 9.78. The maximum atomic E-state index is 12.5. The molecule has 0 saturated heterocycles. The molecule has 0 atom stereocenters. The number of hydrogen-bond acceptors (Lipinski definition) is 5. The Hall–Kier alpha value is -0.920. The van der Waals surface area contributed by atoms with E-state index in [-0.39, 0.29) is 15.4 Å². The number of carbonyl (C=O) groups is 1. The van der Waals surface area contributed by atoms with Gasteiger partial charge in [-0.1, -0.05) is 6.42 Å². The van der Waals surface area contributed by atoms with Crippen molar-refractivity contribution in [2.45, 2.75) is 41.2 Å². The molecule has 0 radical (unpaired) electrons. The van der Waals surface area contributed by atoms with Crippen molar-refractivity contribution in [2.75, 3.05) is 6.26 Å². The summed E-state index contributed by atoms with van der Waals surface area (Å²) in [5.41, 5.74) is 0.352. The third kappa shape index (κ3) is 3.00. The number of sulfone groups is 2. The highest BCUT2D eigenvalue weighted by atomic mass is 35.5. The quantitative estimate of drug-likeness (QED) is 0.776. The van der Waals surface area contributed by atoms with Crippen LogP contribution in [0.4, 0.5) is 0 Å². The van der Waals surface area contributed by atoms with Crippen molar-refractivity contribution in [2.24, 2.45) is 0 Å². The molecule has 2 rings (SSSR count). The van der Waals surface area contributed by atoms with E-state index in [0.717, 1.165) is 18.7 Å². The molecule has 0 bridgehead atoms. The van der Waals surface area contributed by atoms with Crippen LogP contribution in [-0.2, 0) is 19.7 Å². The van der Waals surface area contributed by atoms with Crippen LogP contribution in [0.5, 0.6) is 0 Å². The molecule has 5 nitrogen and oxygen atoms in total. The Morgan fingerprint density at radius 1 is 1.14 bits per heavy atom. The van der Waals surface area contributed by atoms with E-state index in [4.69, 9.17) is 11.6 Å². The number of benzene rings is 1. The summed E-state index contributed by atoms with van der Waals surface area (Å²) in [4.78, 5) is 10.7. The van der Waals surface area contributed by atoms with Gasteiger partial charge in [0.05, 0.1) is 15.0 Å². The molecule has 1 aliphatic rings. The molecule has 0 N–H and O–H groups in total. The molecule has 0 heterocycles. The highest BCUT2D eigenvalue weighted by Crippen LogP contribution is 2.35. The Balaban J connectivity index is 2.77. The van der Waals surface area contributed by atoms with E-state index in [1.807, 2.05) is 0 Å². The van der Waals surface area contributed by atoms with Gasteiger partial charge < -0.3 is 0 Å². The van der Waals surface area contributed by atoms with Crippen LogP contribution in [0.25, 0.3) is 0 Å². The fourth-order valence-electron chi connectivity index (χ4n) is 2.25. The first kappa shape index (κ1) is 16.5. The molecule has 1 aromatic carbocycles. The maximum Gasteiger partial charge on any atom is 0.252 e. The second kappa shape index (κ2) is 5.37. The van der Waals surface area contributed by atoms with Crippen LogP contribution >= 0.6 is 11.6 Å². The van der Waals surface area contributed by atoms with Gasteiger partial charge >= 0.3 is 0 Å². The number of halogens is 1. The zero-order valence-corrected chi connectivity index (χ0v) is 14.0. The largest absolute Gasteiger partial charge is 0.276 e. The molecule has 1 aromatic rings. The van der Waals surface area contributed by atoms with Gasteiger partial charge in [0.1, 0.15) is 0 Å². The van der Waals surface area contributed by atoms with Crippen LogP contribution in [0.15, 0.2) is 21.9 Å². The number of aryl methyl sites for hydroxylation is 1. The van der Waals surface area contributed by atoms with E-state index in [2.05, 4.69) is 0 Å². The summed E-state index contributed by atoms with van der Waals surface area (Å²) in [6.45, 7) is 1.53. The van der Waals surface area contributed by atoms with Crippen molar-refractivity contribution in [3.8, 4) is 0 Å². The van der Waals surface area contributed by atoms with E-state index in [0.29, 0.717) is 18.4 Å². The Bertz CT molecular complexity index is 805. The second-order valence-electron chi connectivity index (χ2n) is 5.26. The molecule has 21 heavy (non-hydrogen) atoms. The number of rotatable bonds is 4. The normalized spacial score (nSPS) is 16.5. The summed E-state index contributed by atoms with van der Waals surface area (Å²) in [5, 5.41) is -1.36. The lowest BCUT2D eigenvalue weighted by Gasteiger charge is -2.26. The topological polar surface area (TPSA) is 85.3 Å². The molecule has 1 saturated carbocycles. The zero-order chi connectivity index (χ0) is 16.0. The lowest BCUT2D eigenvalue weighted by molar-refractivity contribution is 0.108. The standard InChI is InChI=1S/C13H15ClO5S2/c1-8-6-12(21(18,19)9-4-3-5-9)11(20(2,16)17)7-10(8)13(14)15/h6-7,9H,3-5H2,1-2H3. The lowest BCUT2D eigenvalue weighted by Crippen LogP contribution is -2.29. The van der Waals surface area contributed by atoms with Crippen LogP contribution in [0.3, 0.4) is 0 Å². The van der Waals surface area contributed by atoms with Crippen LogP contribution in [-0.4, -0.2) is 33.6 Å². The first-order chi connectivity index (χ1) is 9.55. The molecule has 0 aromatic heterocycles. The van der Waals surface area contributed by atoms with E-state index in [9.17, 15) is 21.6 Å². The van der Waals surface area contributed by atoms with Gasteiger partial charge in [0.15, 0.2) is 19.7 Å². The van der Waals surface area contributed by atoms with Crippen LogP contribution in [0.1, 0.15) is 35.2 Å². The zero-order valence-electron chi connectivity index (χ0n) is 11.6. The molecular formula is C13H15ClO5S2. The summed E-state index contributed by atoms with van der Waals surface area (Å²) in [5.74, 6) is 0. The van der Waals surface area contributed by atoms with Gasteiger partial charge in [0, 0.05) is 11.8 Å². The SMILES string of the molecule is Cc1cc(S(=O)(=O)C2CCC2)c(S(C)(=O)=O)cc1C(=O)Cl. The molecule has 116 valence electrons. The van der Waals surface area contributed by atoms with E-state index < -0.39 is 30.2 Å². The van der Waals surface area contributed by atoms with Gasteiger partial charge in [-0.25, -0.2) is 16.8 Å². The molecule has 0 spiro atoms. The minimum atomic E-state index is -3.80. The average molecular weight is 351 g/mol. The summed E-state index contributed by atoms with van der Waals surface area (Å²) >= 11 is 5.41. The van der Waals surface area contributed by atoms with Crippen molar-refractivity contribution in [3.05, 3.63) is 23.3 Å². The number of carbonyl (C=O) groups excluding carboxylic acids is 1. The summed E-state index contributed by atoms with van der Waals surface area (Å²) < 4.78 is 48.9. The highest BCUT2D eigenvalue weighted by Gasteiger charge is 2.36. The van der Waals surface area contributed by atoms with E-state index >= 15 is 0 Å². The molecule has 0 amide bonds. The monoisotopic (exact) mass is 350 g/mol. The fraction of sp³-hybridized carbons (Fsp3) is 0.462. The predicted molar refractivity (Wildman–Crippen MR) is 79.3 cm³/mol. The lowest BCUT2D eigenvalue weighted by atomic mass is 10.00. The van der Waals surface area contributed by atoms with Crippen molar-refractivity contribution in [1.29, 1.82) is 0 Å². The molecule has 1 aliphatic carbocycles. The Morgan fingerprint density at radius 3 is 2.10 bits per heavy atom. The van der Waals surface area contributed by atoms with Gasteiger partial charge in [-0.2, -0.15) is 0 Å². The van der Waals surface area contributed by atoms with Crippen molar-refractivity contribution in [3.63, 3.8) is 0 Å². The van der Waals surface area contributed by atoms with Gasteiger partial charge in [-0.3, -0.25) is 4.79 Å². The molecule has 8 heteroatoms.